The molecule has 0 radical (unpaired) electrons. The molecule has 2 rings (SSSR count). The zero-order valence-electron chi connectivity index (χ0n) is 10.7. The zero-order valence-corrected chi connectivity index (χ0v) is 10.7. The Hall–Kier alpha value is -2.31. The van der Waals surface area contributed by atoms with Gasteiger partial charge in [0.1, 0.15) is 11.9 Å². The van der Waals surface area contributed by atoms with E-state index >= 15 is 0 Å². The molecule has 0 aliphatic carbocycles. The number of nitrogens with one attached hydrogen (secondary N) is 1. The fourth-order valence-electron chi connectivity index (χ4n) is 2.04. The molecule has 2 N–H and O–H groups in total. The molecule has 0 saturated carbocycles. The van der Waals surface area contributed by atoms with Gasteiger partial charge in [-0.25, -0.2) is 14.0 Å². The summed E-state index contributed by atoms with van der Waals surface area (Å²) in [6.07, 6.45) is -0.868. The van der Waals surface area contributed by atoms with Crippen LogP contribution in [-0.4, -0.2) is 41.4 Å². The smallest absolute Gasteiger partial charge is 0.411 e. The van der Waals surface area contributed by atoms with Crippen molar-refractivity contribution in [3.8, 4) is 0 Å². The van der Waals surface area contributed by atoms with E-state index in [1.807, 2.05) is 0 Å². The number of rotatable bonds is 2. The van der Waals surface area contributed by atoms with Crippen molar-refractivity contribution in [2.75, 3.05) is 18.4 Å². The molecular formula is C13H15FN2O4. The van der Waals surface area contributed by atoms with E-state index in [1.54, 1.807) is 0 Å². The van der Waals surface area contributed by atoms with Gasteiger partial charge in [-0.2, -0.15) is 0 Å². The third kappa shape index (κ3) is 3.84. The lowest BCUT2D eigenvalue weighted by Crippen LogP contribution is -2.43. The highest BCUT2D eigenvalue weighted by molar-refractivity contribution is 5.84. The molecule has 0 spiro atoms. The first-order valence-corrected chi connectivity index (χ1v) is 6.25. The summed E-state index contributed by atoms with van der Waals surface area (Å²) in [5.74, 6) is -0.395. The number of benzene rings is 1. The minimum atomic E-state index is -1.02. The van der Waals surface area contributed by atoms with Crippen molar-refractivity contribution in [1.82, 2.24) is 4.90 Å². The van der Waals surface area contributed by atoms with Gasteiger partial charge in [0, 0.05) is 12.2 Å². The largest absolute Gasteiger partial charge is 0.465 e. The number of halogens is 1. The van der Waals surface area contributed by atoms with Crippen LogP contribution in [0.25, 0.3) is 0 Å². The standard InChI is InChI=1S/C13H15FN2O4/c14-9-3-5-10(6-4-9)15-12(17)20-11-2-1-7-16(8-11)13(18)19/h3-6,11H,1-2,7-8H2,(H,15,17)(H,18,19). The summed E-state index contributed by atoms with van der Waals surface area (Å²) in [5, 5.41) is 11.4. The maximum atomic E-state index is 12.7. The Labute approximate surface area is 115 Å². The van der Waals surface area contributed by atoms with Crippen molar-refractivity contribution in [3.05, 3.63) is 30.1 Å². The van der Waals surface area contributed by atoms with Crippen molar-refractivity contribution in [3.63, 3.8) is 0 Å². The van der Waals surface area contributed by atoms with E-state index in [-0.39, 0.29) is 6.54 Å². The summed E-state index contributed by atoms with van der Waals surface area (Å²) >= 11 is 0. The summed E-state index contributed by atoms with van der Waals surface area (Å²) in [4.78, 5) is 23.7. The summed E-state index contributed by atoms with van der Waals surface area (Å²) in [6, 6.07) is 5.28. The fraction of sp³-hybridized carbons (Fsp3) is 0.385. The van der Waals surface area contributed by atoms with Gasteiger partial charge in [-0.1, -0.05) is 0 Å². The van der Waals surface area contributed by atoms with Crippen molar-refractivity contribution >= 4 is 17.9 Å². The minimum Gasteiger partial charge on any atom is -0.465 e. The van der Waals surface area contributed by atoms with Crippen molar-refractivity contribution in [2.24, 2.45) is 0 Å². The summed E-state index contributed by atoms with van der Waals surface area (Å²) in [5.41, 5.74) is 0.419. The predicted molar refractivity (Wildman–Crippen MR) is 69.1 cm³/mol. The van der Waals surface area contributed by atoms with Crippen LogP contribution in [0.5, 0.6) is 0 Å². The quantitative estimate of drug-likeness (QED) is 0.873. The van der Waals surface area contributed by atoms with Crippen LogP contribution in [0.2, 0.25) is 0 Å². The van der Waals surface area contributed by atoms with E-state index in [0.29, 0.717) is 25.1 Å². The van der Waals surface area contributed by atoms with Gasteiger partial charge in [-0.15, -0.1) is 0 Å². The first kappa shape index (κ1) is 14.1. The molecule has 1 fully saturated rings. The molecule has 6 nitrogen and oxygen atoms in total. The third-order valence-electron chi connectivity index (χ3n) is 3.01. The van der Waals surface area contributed by atoms with E-state index in [2.05, 4.69) is 5.32 Å². The Bertz CT molecular complexity index is 492. The van der Waals surface area contributed by atoms with Crippen LogP contribution in [0.4, 0.5) is 19.7 Å². The highest BCUT2D eigenvalue weighted by Crippen LogP contribution is 2.15. The molecular weight excluding hydrogens is 267 g/mol. The van der Waals surface area contributed by atoms with E-state index in [9.17, 15) is 14.0 Å². The number of likely N-dealkylation sites (tertiary alicyclic amines) is 1. The number of hydrogen-bond donors (Lipinski definition) is 2. The number of carbonyl (C=O) groups is 2. The second-order valence-electron chi connectivity index (χ2n) is 4.53. The van der Waals surface area contributed by atoms with Crippen LogP contribution in [0, 0.1) is 5.82 Å². The fourth-order valence-corrected chi connectivity index (χ4v) is 2.04. The maximum Gasteiger partial charge on any atom is 0.411 e. The molecule has 2 amide bonds. The molecule has 1 aliphatic heterocycles. The number of carbonyl (C=O) groups excluding carboxylic acids is 1. The Morgan fingerprint density at radius 2 is 2.05 bits per heavy atom. The van der Waals surface area contributed by atoms with Crippen LogP contribution in [0.15, 0.2) is 24.3 Å². The van der Waals surface area contributed by atoms with E-state index in [4.69, 9.17) is 9.84 Å². The molecule has 1 heterocycles. The van der Waals surface area contributed by atoms with Gasteiger partial charge >= 0.3 is 12.2 Å². The number of hydrogen-bond acceptors (Lipinski definition) is 3. The van der Waals surface area contributed by atoms with Crippen molar-refractivity contribution in [2.45, 2.75) is 18.9 Å². The Kier molecular flexibility index (Phi) is 4.39. The number of anilines is 1. The molecule has 1 unspecified atom stereocenters. The molecule has 1 saturated heterocycles. The van der Waals surface area contributed by atoms with Gasteiger partial charge < -0.3 is 14.7 Å². The van der Waals surface area contributed by atoms with Gasteiger partial charge in [0.2, 0.25) is 0 Å². The summed E-state index contributed by atoms with van der Waals surface area (Å²) in [6.45, 7) is 0.626. The molecule has 1 aromatic rings. The van der Waals surface area contributed by atoms with Crippen LogP contribution in [-0.2, 0) is 4.74 Å². The molecule has 0 bridgehead atoms. The number of carboxylic acid groups (broad SMARTS) is 1. The molecule has 1 atom stereocenters. The summed E-state index contributed by atoms with van der Waals surface area (Å²) < 4.78 is 17.9. The van der Waals surface area contributed by atoms with Crippen LogP contribution in [0.3, 0.4) is 0 Å². The lowest BCUT2D eigenvalue weighted by atomic mass is 10.1. The molecule has 1 aromatic carbocycles. The lowest BCUT2D eigenvalue weighted by Gasteiger charge is -2.30. The Morgan fingerprint density at radius 1 is 1.35 bits per heavy atom. The first-order chi connectivity index (χ1) is 9.54. The van der Waals surface area contributed by atoms with Crippen LogP contribution < -0.4 is 5.32 Å². The molecule has 108 valence electrons. The second kappa shape index (κ2) is 6.23. The second-order valence-corrected chi connectivity index (χ2v) is 4.53. The first-order valence-electron chi connectivity index (χ1n) is 6.25. The third-order valence-corrected chi connectivity index (χ3v) is 3.01. The molecule has 20 heavy (non-hydrogen) atoms. The van der Waals surface area contributed by atoms with Gasteiger partial charge in [0.25, 0.3) is 0 Å². The van der Waals surface area contributed by atoms with E-state index in [1.165, 1.54) is 29.2 Å². The minimum absolute atomic E-state index is 0.173. The molecule has 0 aromatic heterocycles. The Morgan fingerprint density at radius 3 is 2.70 bits per heavy atom. The average Bonchev–Trinajstić information content (AvgIpc) is 2.41. The van der Waals surface area contributed by atoms with Crippen LogP contribution >= 0.6 is 0 Å². The average molecular weight is 282 g/mol. The van der Waals surface area contributed by atoms with Crippen molar-refractivity contribution in [1.29, 1.82) is 0 Å². The van der Waals surface area contributed by atoms with Gasteiger partial charge in [-0.05, 0) is 37.1 Å². The zero-order chi connectivity index (χ0) is 14.5. The van der Waals surface area contributed by atoms with Gasteiger partial charge in [0.15, 0.2) is 0 Å². The van der Waals surface area contributed by atoms with Crippen LogP contribution in [0.1, 0.15) is 12.8 Å². The number of nitrogens with zero attached hydrogens (tertiary/aromatic N) is 1. The maximum absolute atomic E-state index is 12.7. The highest BCUT2D eigenvalue weighted by atomic mass is 19.1. The number of amides is 2. The SMILES string of the molecule is O=C(Nc1ccc(F)cc1)OC1CCCN(C(=O)O)C1. The number of piperidine rings is 1. The molecule has 7 heteroatoms. The lowest BCUT2D eigenvalue weighted by molar-refractivity contribution is 0.0491. The van der Waals surface area contributed by atoms with Gasteiger partial charge in [-0.3, -0.25) is 5.32 Å². The number of ether oxygens (including phenoxy) is 1. The molecule has 1 aliphatic rings. The van der Waals surface area contributed by atoms with Crippen molar-refractivity contribution < 1.29 is 23.8 Å². The normalized spacial score (nSPS) is 18.4. The highest BCUT2D eigenvalue weighted by Gasteiger charge is 2.25. The summed E-state index contributed by atoms with van der Waals surface area (Å²) in [7, 11) is 0. The topological polar surface area (TPSA) is 78.9 Å². The van der Waals surface area contributed by atoms with E-state index < -0.39 is 24.1 Å². The predicted octanol–water partition coefficient (Wildman–Crippen LogP) is 2.52. The Balaban J connectivity index is 1.85. The van der Waals surface area contributed by atoms with E-state index in [0.717, 1.165) is 0 Å². The van der Waals surface area contributed by atoms with Gasteiger partial charge in [0.05, 0.1) is 6.54 Å². The monoisotopic (exact) mass is 282 g/mol.